The van der Waals surface area contributed by atoms with Gasteiger partial charge in [0.05, 0.1) is 10.4 Å². The molecule has 3 heterocycles. The second kappa shape index (κ2) is 7.64. The van der Waals surface area contributed by atoms with Gasteiger partial charge >= 0.3 is 0 Å². The molecule has 5 heteroatoms. The number of benzene rings is 1. The zero-order chi connectivity index (χ0) is 18.9. The van der Waals surface area contributed by atoms with Gasteiger partial charge in [-0.3, -0.25) is 4.98 Å². The molecule has 0 radical (unpaired) electrons. The van der Waals surface area contributed by atoms with Crippen LogP contribution >= 0.6 is 11.3 Å². The topological polar surface area (TPSA) is 41.1 Å². The number of nitrogens with one attached hydrogen (secondary N) is 1. The van der Waals surface area contributed by atoms with Crippen LogP contribution in [-0.4, -0.2) is 34.0 Å². The van der Waals surface area contributed by atoms with Gasteiger partial charge in [0.15, 0.2) is 0 Å². The Morgan fingerprint density at radius 3 is 2.64 bits per heavy atom. The van der Waals surface area contributed by atoms with Crippen molar-refractivity contribution in [2.45, 2.75) is 38.1 Å². The molecule has 3 aromatic rings. The predicted octanol–water partition coefficient (Wildman–Crippen LogP) is 5.55. The van der Waals surface area contributed by atoms with E-state index in [0.717, 1.165) is 22.9 Å². The lowest BCUT2D eigenvalue weighted by Gasteiger charge is -2.42. The smallest absolute Gasteiger partial charge is 0.130 e. The number of anilines is 1. The van der Waals surface area contributed by atoms with Crippen molar-refractivity contribution in [3.63, 3.8) is 0 Å². The largest absolute Gasteiger partial charge is 0.344 e. The van der Waals surface area contributed by atoms with Crippen molar-refractivity contribution in [3.8, 4) is 10.4 Å². The number of allylic oxidation sites excluding steroid dienone is 1. The number of pyridine rings is 1. The van der Waals surface area contributed by atoms with Crippen LogP contribution in [0, 0.1) is 5.92 Å². The number of likely N-dealkylation sites (tertiary alicyclic amines) is 1. The number of fused-ring (bicyclic) bond motifs is 1. The fraction of sp³-hybridized carbons (Fsp3) is 0.391. The van der Waals surface area contributed by atoms with E-state index in [0.29, 0.717) is 5.92 Å². The summed E-state index contributed by atoms with van der Waals surface area (Å²) >= 11 is 1.67. The first kappa shape index (κ1) is 17.8. The van der Waals surface area contributed by atoms with E-state index in [-0.39, 0.29) is 0 Å². The Balaban J connectivity index is 1.27. The minimum absolute atomic E-state index is 0.539. The molecule has 4 nitrogen and oxygen atoms in total. The van der Waals surface area contributed by atoms with E-state index in [1.807, 2.05) is 17.9 Å². The van der Waals surface area contributed by atoms with E-state index in [1.54, 1.807) is 11.3 Å². The lowest BCUT2D eigenvalue weighted by molar-refractivity contribution is 0.0914. The van der Waals surface area contributed by atoms with Crippen molar-refractivity contribution >= 4 is 27.9 Å². The normalized spacial score (nSPS) is 18.9. The molecular formula is C23H26N4S. The van der Waals surface area contributed by atoms with Crippen LogP contribution in [0.25, 0.3) is 21.2 Å². The summed E-state index contributed by atoms with van der Waals surface area (Å²) in [5, 5.41) is 5.84. The number of rotatable bonds is 5. The Morgan fingerprint density at radius 2 is 1.93 bits per heavy atom. The molecule has 0 bridgehead atoms. The summed E-state index contributed by atoms with van der Waals surface area (Å²) in [5.74, 6) is 1.43. The van der Waals surface area contributed by atoms with E-state index >= 15 is 0 Å². The Bertz CT molecular complexity index is 969. The van der Waals surface area contributed by atoms with Crippen molar-refractivity contribution < 1.29 is 0 Å². The fourth-order valence-electron chi connectivity index (χ4n) is 4.35. The van der Waals surface area contributed by atoms with Crippen LogP contribution in [-0.2, 0) is 0 Å². The highest BCUT2D eigenvalue weighted by Crippen LogP contribution is 2.32. The van der Waals surface area contributed by atoms with Crippen molar-refractivity contribution in [2.75, 3.05) is 18.4 Å². The van der Waals surface area contributed by atoms with Crippen LogP contribution in [0.1, 0.15) is 32.1 Å². The standard InChI is InChI=1S/C23H26N4S/c1-16(17-7-9-27(10-8-17)21-3-2-4-21)26-23-12-20-11-18(22-14-24-15-28-22)5-6-19(20)13-25-23/h5-6,11-15,17,21H,1-4,7-10H2,(H,25,26). The first-order valence-corrected chi connectivity index (χ1v) is 11.1. The third kappa shape index (κ3) is 3.56. The molecule has 2 aromatic heterocycles. The third-order valence-electron chi connectivity index (χ3n) is 6.34. The minimum atomic E-state index is 0.539. The molecule has 1 aliphatic carbocycles. The number of hydrogen-bond acceptors (Lipinski definition) is 5. The first-order chi connectivity index (χ1) is 13.8. The van der Waals surface area contributed by atoms with Gasteiger partial charge in [-0.05, 0) is 61.9 Å². The maximum Gasteiger partial charge on any atom is 0.130 e. The molecule has 5 rings (SSSR count). The van der Waals surface area contributed by atoms with E-state index in [9.17, 15) is 0 Å². The number of nitrogens with zero attached hydrogens (tertiary/aromatic N) is 3. The SMILES string of the molecule is C=C(Nc1cc2cc(-c3cncs3)ccc2cn1)C1CCN(C2CCC2)CC1. The zero-order valence-electron chi connectivity index (χ0n) is 16.1. The Morgan fingerprint density at radius 1 is 1.07 bits per heavy atom. The quantitative estimate of drug-likeness (QED) is 0.620. The van der Waals surface area contributed by atoms with Gasteiger partial charge in [0.1, 0.15) is 5.82 Å². The van der Waals surface area contributed by atoms with E-state index < -0.39 is 0 Å². The fourth-order valence-corrected chi connectivity index (χ4v) is 4.97. The van der Waals surface area contributed by atoms with Gasteiger partial charge in [0.25, 0.3) is 0 Å². The summed E-state index contributed by atoms with van der Waals surface area (Å²) in [6, 6.07) is 9.48. The maximum absolute atomic E-state index is 4.61. The molecule has 2 fully saturated rings. The van der Waals surface area contributed by atoms with Gasteiger partial charge in [-0.2, -0.15) is 0 Å². The second-order valence-electron chi connectivity index (χ2n) is 8.04. The highest BCUT2D eigenvalue weighted by molar-refractivity contribution is 7.13. The van der Waals surface area contributed by atoms with E-state index in [4.69, 9.17) is 0 Å². The third-order valence-corrected chi connectivity index (χ3v) is 7.16. The predicted molar refractivity (Wildman–Crippen MR) is 118 cm³/mol. The van der Waals surface area contributed by atoms with Crippen LogP contribution in [0.15, 0.2) is 54.4 Å². The molecule has 1 saturated carbocycles. The highest BCUT2D eigenvalue weighted by Gasteiger charge is 2.29. The Hall–Kier alpha value is -2.24. The van der Waals surface area contributed by atoms with Crippen molar-refractivity contribution in [1.82, 2.24) is 14.9 Å². The molecule has 1 saturated heterocycles. The second-order valence-corrected chi connectivity index (χ2v) is 8.93. The number of hydrogen-bond donors (Lipinski definition) is 1. The molecule has 1 aromatic carbocycles. The van der Waals surface area contributed by atoms with Crippen molar-refractivity contribution in [1.29, 1.82) is 0 Å². The Labute approximate surface area is 170 Å². The van der Waals surface area contributed by atoms with E-state index in [1.165, 1.54) is 61.0 Å². The zero-order valence-corrected chi connectivity index (χ0v) is 16.9. The molecular weight excluding hydrogens is 364 g/mol. The van der Waals surface area contributed by atoms with Gasteiger partial charge < -0.3 is 10.2 Å². The van der Waals surface area contributed by atoms with Crippen molar-refractivity contribution in [3.05, 3.63) is 54.4 Å². The molecule has 1 N–H and O–H groups in total. The lowest BCUT2D eigenvalue weighted by Crippen LogP contribution is -2.45. The monoisotopic (exact) mass is 390 g/mol. The van der Waals surface area contributed by atoms with Crippen LogP contribution in [0.3, 0.4) is 0 Å². The van der Waals surface area contributed by atoms with Gasteiger partial charge in [-0.25, -0.2) is 4.98 Å². The van der Waals surface area contributed by atoms with Crippen molar-refractivity contribution in [2.24, 2.45) is 5.92 Å². The van der Waals surface area contributed by atoms with Gasteiger partial charge in [0.2, 0.25) is 0 Å². The molecule has 28 heavy (non-hydrogen) atoms. The molecule has 144 valence electrons. The van der Waals surface area contributed by atoms with Gasteiger partial charge in [-0.15, -0.1) is 11.3 Å². The summed E-state index contributed by atoms with van der Waals surface area (Å²) in [5.41, 5.74) is 4.19. The highest BCUT2D eigenvalue weighted by atomic mass is 32.1. The van der Waals surface area contributed by atoms with Gasteiger partial charge in [0, 0.05) is 35.4 Å². The summed E-state index contributed by atoms with van der Waals surface area (Å²) in [6.45, 7) is 6.76. The van der Waals surface area contributed by atoms with Crippen LogP contribution in [0.5, 0.6) is 0 Å². The maximum atomic E-state index is 4.61. The van der Waals surface area contributed by atoms with Gasteiger partial charge in [-0.1, -0.05) is 25.1 Å². The van der Waals surface area contributed by atoms with Crippen LogP contribution in [0.4, 0.5) is 5.82 Å². The Kier molecular flexibility index (Phi) is 4.87. The summed E-state index contributed by atoms with van der Waals surface area (Å²) < 4.78 is 0. The summed E-state index contributed by atoms with van der Waals surface area (Å²) in [4.78, 5) is 12.7. The number of thiazole rings is 1. The minimum Gasteiger partial charge on any atom is -0.344 e. The molecule has 1 aliphatic heterocycles. The van der Waals surface area contributed by atoms with Crippen LogP contribution < -0.4 is 5.32 Å². The van der Waals surface area contributed by atoms with Crippen LogP contribution in [0.2, 0.25) is 0 Å². The molecule has 0 atom stereocenters. The molecule has 0 spiro atoms. The van der Waals surface area contributed by atoms with E-state index in [2.05, 4.69) is 51.0 Å². The number of aromatic nitrogens is 2. The lowest BCUT2D eigenvalue weighted by atomic mass is 9.87. The molecule has 0 unspecified atom stereocenters. The average Bonchev–Trinajstić information content (AvgIpc) is 3.21. The summed E-state index contributed by atoms with van der Waals surface area (Å²) in [6.07, 6.45) is 10.5. The summed E-state index contributed by atoms with van der Waals surface area (Å²) in [7, 11) is 0. The number of piperidine rings is 1. The molecule has 2 aliphatic rings. The first-order valence-electron chi connectivity index (χ1n) is 10.2. The average molecular weight is 391 g/mol. The molecule has 0 amide bonds.